The number of hydrogen-bond acceptors (Lipinski definition) is 4. The molecule has 0 saturated heterocycles. The number of benzene rings is 1. The summed E-state index contributed by atoms with van der Waals surface area (Å²) in [5, 5.41) is 16.0. The van der Waals surface area contributed by atoms with Gasteiger partial charge in [0.15, 0.2) is 5.69 Å². The summed E-state index contributed by atoms with van der Waals surface area (Å²) in [7, 11) is 0. The second kappa shape index (κ2) is 7.46. The van der Waals surface area contributed by atoms with Gasteiger partial charge < -0.3 is 5.32 Å². The summed E-state index contributed by atoms with van der Waals surface area (Å²) in [6.07, 6.45) is 8.61. The summed E-state index contributed by atoms with van der Waals surface area (Å²) < 4.78 is 5.11. The fraction of sp³-hybridized carbons (Fsp3) is 0.111. The molecule has 4 rings (SSSR count). The summed E-state index contributed by atoms with van der Waals surface area (Å²) in [4.78, 5) is 12.5. The van der Waals surface area contributed by atoms with Crippen molar-refractivity contribution >= 4 is 23.2 Å². The third-order valence-electron chi connectivity index (χ3n) is 3.85. The average Bonchev–Trinajstić information content (AvgIpc) is 3.39. The first-order valence-corrected chi connectivity index (χ1v) is 8.63. The molecule has 0 atom stereocenters. The highest BCUT2D eigenvalue weighted by Crippen LogP contribution is 2.14. The van der Waals surface area contributed by atoms with Gasteiger partial charge in [-0.1, -0.05) is 23.7 Å². The van der Waals surface area contributed by atoms with Crippen LogP contribution in [-0.2, 0) is 13.2 Å². The van der Waals surface area contributed by atoms with Gasteiger partial charge in [-0.3, -0.25) is 18.8 Å². The minimum atomic E-state index is -0.270. The number of anilines is 1. The van der Waals surface area contributed by atoms with Crippen molar-refractivity contribution in [1.29, 1.82) is 0 Å². The van der Waals surface area contributed by atoms with Gasteiger partial charge >= 0.3 is 0 Å². The Morgan fingerprint density at radius 2 is 2.00 bits per heavy atom. The van der Waals surface area contributed by atoms with Crippen LogP contribution in [0, 0.1) is 0 Å². The largest absolute Gasteiger partial charge is 0.321 e. The van der Waals surface area contributed by atoms with Crippen molar-refractivity contribution in [2.45, 2.75) is 13.2 Å². The summed E-state index contributed by atoms with van der Waals surface area (Å²) in [5.74, 6) is -0.270. The van der Waals surface area contributed by atoms with Crippen LogP contribution < -0.4 is 5.32 Å². The monoisotopic (exact) mass is 381 g/mol. The first-order chi connectivity index (χ1) is 13.2. The minimum absolute atomic E-state index is 0.270. The highest BCUT2D eigenvalue weighted by molar-refractivity contribution is 6.30. The number of carbonyl (C=O) groups excluding carboxylic acids is 1. The summed E-state index contributed by atoms with van der Waals surface area (Å²) in [5.41, 5.74) is 2.03. The fourth-order valence-corrected chi connectivity index (χ4v) is 2.80. The third kappa shape index (κ3) is 4.24. The maximum atomic E-state index is 12.5. The number of aromatic nitrogens is 6. The second-order valence-electron chi connectivity index (χ2n) is 5.94. The number of carbonyl (C=O) groups is 1. The van der Waals surface area contributed by atoms with E-state index in [1.807, 2.05) is 36.5 Å². The molecule has 1 N–H and O–H groups in total. The highest BCUT2D eigenvalue weighted by atomic mass is 35.5. The lowest BCUT2D eigenvalue weighted by atomic mass is 10.2. The van der Waals surface area contributed by atoms with Gasteiger partial charge in [0, 0.05) is 30.5 Å². The third-order valence-corrected chi connectivity index (χ3v) is 4.05. The molecule has 1 aromatic carbocycles. The van der Waals surface area contributed by atoms with Crippen molar-refractivity contribution in [2.24, 2.45) is 0 Å². The van der Waals surface area contributed by atoms with E-state index in [2.05, 4.69) is 20.6 Å². The number of hydrogen-bond donors (Lipinski definition) is 1. The minimum Gasteiger partial charge on any atom is -0.321 e. The van der Waals surface area contributed by atoms with Crippen molar-refractivity contribution < 1.29 is 4.79 Å². The standard InChI is InChI=1S/C18H16ClN7O/c19-15-10-21-26(12-15)11-14-3-1-4-16(9-14)22-18(27)17-5-8-25(23-17)13-24-7-2-6-20-24/h1-10,12H,11,13H2,(H,22,27). The van der Waals surface area contributed by atoms with E-state index < -0.39 is 0 Å². The van der Waals surface area contributed by atoms with E-state index >= 15 is 0 Å². The molecule has 0 aliphatic heterocycles. The molecule has 0 fully saturated rings. The van der Waals surface area contributed by atoms with Crippen LogP contribution in [0.3, 0.4) is 0 Å². The van der Waals surface area contributed by atoms with E-state index in [0.717, 1.165) is 5.56 Å². The Labute approximate surface area is 160 Å². The Kier molecular flexibility index (Phi) is 4.71. The molecular formula is C18H16ClN7O. The molecule has 0 unspecified atom stereocenters. The highest BCUT2D eigenvalue weighted by Gasteiger charge is 2.10. The lowest BCUT2D eigenvalue weighted by molar-refractivity contribution is 0.102. The molecule has 0 radical (unpaired) electrons. The number of nitrogens with one attached hydrogen (secondary N) is 1. The number of halogens is 1. The lowest BCUT2D eigenvalue weighted by Gasteiger charge is -2.07. The molecule has 0 bridgehead atoms. The predicted octanol–water partition coefficient (Wildman–Crippen LogP) is 2.74. The molecule has 0 spiro atoms. The number of rotatable bonds is 6. The molecule has 1 amide bonds. The van der Waals surface area contributed by atoms with Crippen molar-refractivity contribution in [3.8, 4) is 0 Å². The van der Waals surface area contributed by atoms with E-state index in [9.17, 15) is 4.79 Å². The zero-order valence-electron chi connectivity index (χ0n) is 14.2. The summed E-state index contributed by atoms with van der Waals surface area (Å²) in [6, 6.07) is 11.1. The van der Waals surface area contributed by atoms with Crippen LogP contribution in [0.2, 0.25) is 5.02 Å². The molecule has 3 aromatic heterocycles. The van der Waals surface area contributed by atoms with Crippen LogP contribution in [0.1, 0.15) is 16.1 Å². The molecule has 8 nitrogen and oxygen atoms in total. The lowest BCUT2D eigenvalue weighted by Crippen LogP contribution is -2.15. The molecule has 136 valence electrons. The normalized spacial score (nSPS) is 10.9. The average molecular weight is 382 g/mol. The molecular weight excluding hydrogens is 366 g/mol. The number of nitrogens with zero attached hydrogens (tertiary/aromatic N) is 6. The van der Waals surface area contributed by atoms with E-state index in [1.165, 1.54) is 0 Å². The summed E-state index contributed by atoms with van der Waals surface area (Å²) >= 11 is 5.89. The number of amides is 1. The van der Waals surface area contributed by atoms with E-state index in [0.29, 0.717) is 29.6 Å². The fourth-order valence-electron chi connectivity index (χ4n) is 2.65. The van der Waals surface area contributed by atoms with Gasteiger partial charge in [-0.15, -0.1) is 0 Å². The zero-order chi connectivity index (χ0) is 18.6. The molecule has 4 aromatic rings. The van der Waals surface area contributed by atoms with Crippen LogP contribution in [0.4, 0.5) is 5.69 Å². The van der Waals surface area contributed by atoms with Crippen LogP contribution in [0.25, 0.3) is 0 Å². The van der Waals surface area contributed by atoms with Gasteiger partial charge in [0.05, 0.1) is 17.8 Å². The summed E-state index contributed by atoms with van der Waals surface area (Å²) in [6.45, 7) is 1.01. The van der Waals surface area contributed by atoms with Gasteiger partial charge in [-0.25, -0.2) is 0 Å². The quantitative estimate of drug-likeness (QED) is 0.556. The Morgan fingerprint density at radius 1 is 1.07 bits per heavy atom. The Morgan fingerprint density at radius 3 is 2.78 bits per heavy atom. The Bertz CT molecular complexity index is 1050. The predicted molar refractivity (Wildman–Crippen MR) is 101 cm³/mol. The molecule has 0 saturated carbocycles. The topological polar surface area (TPSA) is 82.6 Å². The van der Waals surface area contributed by atoms with Crippen LogP contribution >= 0.6 is 11.6 Å². The van der Waals surface area contributed by atoms with Crippen LogP contribution in [0.5, 0.6) is 0 Å². The van der Waals surface area contributed by atoms with Crippen LogP contribution in [0.15, 0.2) is 67.4 Å². The van der Waals surface area contributed by atoms with Gasteiger partial charge in [0.2, 0.25) is 0 Å². The molecule has 27 heavy (non-hydrogen) atoms. The smallest absolute Gasteiger partial charge is 0.276 e. The first-order valence-electron chi connectivity index (χ1n) is 8.25. The van der Waals surface area contributed by atoms with Crippen molar-refractivity contribution in [3.05, 3.63) is 83.7 Å². The Balaban J connectivity index is 1.42. The first kappa shape index (κ1) is 17.0. The molecule has 3 heterocycles. The molecule has 0 aliphatic carbocycles. The van der Waals surface area contributed by atoms with Gasteiger partial charge in [-0.2, -0.15) is 15.3 Å². The molecule has 0 aliphatic rings. The zero-order valence-corrected chi connectivity index (χ0v) is 15.0. The van der Waals surface area contributed by atoms with Gasteiger partial charge in [-0.05, 0) is 29.8 Å². The second-order valence-corrected chi connectivity index (χ2v) is 6.37. The maximum Gasteiger partial charge on any atom is 0.276 e. The van der Waals surface area contributed by atoms with Gasteiger partial charge in [0.25, 0.3) is 5.91 Å². The van der Waals surface area contributed by atoms with E-state index in [4.69, 9.17) is 11.6 Å². The van der Waals surface area contributed by atoms with Crippen LogP contribution in [-0.4, -0.2) is 35.2 Å². The SMILES string of the molecule is O=C(Nc1cccc(Cn2cc(Cl)cn2)c1)c1ccn(Cn2cccn2)n1. The van der Waals surface area contributed by atoms with Crippen molar-refractivity contribution in [1.82, 2.24) is 29.3 Å². The van der Waals surface area contributed by atoms with Gasteiger partial charge in [0.1, 0.15) is 6.67 Å². The Hall–Kier alpha value is -3.39. The molecule has 9 heteroatoms. The van der Waals surface area contributed by atoms with Crippen molar-refractivity contribution in [3.63, 3.8) is 0 Å². The van der Waals surface area contributed by atoms with Crippen molar-refractivity contribution in [2.75, 3.05) is 5.32 Å². The van der Waals surface area contributed by atoms with E-state index in [-0.39, 0.29) is 5.91 Å². The van der Waals surface area contributed by atoms with E-state index in [1.54, 1.807) is 44.9 Å². The maximum absolute atomic E-state index is 12.5.